The Morgan fingerprint density at radius 2 is 2.04 bits per heavy atom. The van der Waals surface area contributed by atoms with E-state index in [4.69, 9.17) is 4.74 Å². The van der Waals surface area contributed by atoms with E-state index in [1.165, 1.54) is 23.1 Å². The quantitative estimate of drug-likeness (QED) is 0.815. The van der Waals surface area contributed by atoms with Crippen molar-refractivity contribution >= 4 is 33.6 Å². The summed E-state index contributed by atoms with van der Waals surface area (Å²) < 4.78 is 18.9. The van der Waals surface area contributed by atoms with Crippen molar-refractivity contribution in [2.75, 3.05) is 18.4 Å². The standard InChI is InChI=1S/C17H20BrFN2O3/c1-17(2,3)24-16(23)21-8-4-5-11(10-21)15(22)20-14-7-6-12(19)9-13(14)18/h5-7,9H,4,8,10H2,1-3H3,(H,20,22). The van der Waals surface area contributed by atoms with Crippen LogP contribution in [0.15, 0.2) is 34.3 Å². The molecule has 2 amide bonds. The van der Waals surface area contributed by atoms with E-state index in [-0.39, 0.29) is 12.5 Å². The zero-order valence-corrected chi connectivity index (χ0v) is 15.4. The van der Waals surface area contributed by atoms with Gasteiger partial charge in [-0.2, -0.15) is 0 Å². The van der Waals surface area contributed by atoms with E-state index < -0.39 is 17.5 Å². The van der Waals surface area contributed by atoms with Crippen LogP contribution in [0, 0.1) is 5.82 Å². The normalized spacial score (nSPS) is 14.9. The summed E-state index contributed by atoms with van der Waals surface area (Å²) in [5, 5.41) is 2.72. The molecule has 1 N–H and O–H groups in total. The number of rotatable bonds is 2. The van der Waals surface area contributed by atoms with E-state index >= 15 is 0 Å². The highest BCUT2D eigenvalue weighted by Crippen LogP contribution is 2.24. The van der Waals surface area contributed by atoms with Crippen molar-refractivity contribution < 1.29 is 18.7 Å². The first-order valence-electron chi connectivity index (χ1n) is 7.59. The maximum absolute atomic E-state index is 13.1. The second-order valence-corrected chi connectivity index (χ2v) is 7.35. The van der Waals surface area contributed by atoms with Gasteiger partial charge in [-0.1, -0.05) is 6.08 Å². The molecule has 1 aliphatic heterocycles. The minimum Gasteiger partial charge on any atom is -0.444 e. The fourth-order valence-electron chi connectivity index (χ4n) is 2.18. The average molecular weight is 399 g/mol. The third kappa shape index (κ3) is 5.06. The van der Waals surface area contributed by atoms with Crippen LogP contribution in [0.1, 0.15) is 27.2 Å². The van der Waals surface area contributed by atoms with Gasteiger partial charge in [0, 0.05) is 16.6 Å². The van der Waals surface area contributed by atoms with Crippen LogP contribution >= 0.6 is 15.9 Å². The van der Waals surface area contributed by atoms with Crippen LogP contribution in [0.5, 0.6) is 0 Å². The number of ether oxygens (including phenoxy) is 1. The van der Waals surface area contributed by atoms with Crippen molar-refractivity contribution in [3.05, 3.63) is 40.1 Å². The van der Waals surface area contributed by atoms with E-state index in [9.17, 15) is 14.0 Å². The third-order valence-electron chi connectivity index (χ3n) is 3.27. The predicted molar refractivity (Wildman–Crippen MR) is 93.2 cm³/mol. The molecule has 0 aromatic heterocycles. The van der Waals surface area contributed by atoms with Crippen molar-refractivity contribution in [1.29, 1.82) is 0 Å². The monoisotopic (exact) mass is 398 g/mol. The lowest BCUT2D eigenvalue weighted by Gasteiger charge is -2.30. The highest BCUT2D eigenvalue weighted by Gasteiger charge is 2.26. The van der Waals surface area contributed by atoms with Gasteiger partial charge in [-0.3, -0.25) is 4.79 Å². The van der Waals surface area contributed by atoms with Gasteiger partial charge < -0.3 is 15.0 Å². The first-order valence-corrected chi connectivity index (χ1v) is 8.38. The number of hydrogen-bond donors (Lipinski definition) is 1. The van der Waals surface area contributed by atoms with Crippen LogP contribution in [0.4, 0.5) is 14.9 Å². The smallest absolute Gasteiger partial charge is 0.410 e. The Balaban J connectivity index is 2.02. The number of nitrogens with zero attached hydrogens (tertiary/aromatic N) is 1. The van der Waals surface area contributed by atoms with Gasteiger partial charge >= 0.3 is 6.09 Å². The minimum absolute atomic E-state index is 0.180. The highest BCUT2D eigenvalue weighted by atomic mass is 79.9. The maximum Gasteiger partial charge on any atom is 0.410 e. The number of anilines is 1. The van der Waals surface area contributed by atoms with Gasteiger partial charge in [0.15, 0.2) is 0 Å². The Kier molecular flexibility index (Phi) is 5.64. The molecule has 1 heterocycles. The van der Waals surface area contributed by atoms with E-state index in [0.29, 0.717) is 28.7 Å². The van der Waals surface area contributed by atoms with Crippen LogP contribution in [-0.4, -0.2) is 35.6 Å². The molecule has 0 saturated heterocycles. The lowest BCUT2D eigenvalue weighted by molar-refractivity contribution is -0.113. The number of halogens is 2. The number of carbonyl (C=O) groups excluding carboxylic acids is 2. The van der Waals surface area contributed by atoms with E-state index in [1.54, 1.807) is 26.8 Å². The van der Waals surface area contributed by atoms with Crippen molar-refractivity contribution in [1.82, 2.24) is 4.90 Å². The summed E-state index contributed by atoms with van der Waals surface area (Å²) in [7, 11) is 0. The van der Waals surface area contributed by atoms with Crippen LogP contribution in [-0.2, 0) is 9.53 Å². The average Bonchev–Trinajstić information content (AvgIpc) is 2.48. The zero-order chi connectivity index (χ0) is 17.9. The molecule has 0 radical (unpaired) electrons. The second kappa shape index (κ2) is 7.34. The van der Waals surface area contributed by atoms with Crippen molar-refractivity contribution in [3.63, 3.8) is 0 Å². The number of amides is 2. The minimum atomic E-state index is -0.584. The largest absolute Gasteiger partial charge is 0.444 e. The third-order valence-corrected chi connectivity index (χ3v) is 3.93. The molecule has 0 unspecified atom stereocenters. The van der Waals surface area contributed by atoms with Gasteiger partial charge in [0.1, 0.15) is 11.4 Å². The molecule has 7 heteroatoms. The Labute approximate surface area is 149 Å². The van der Waals surface area contributed by atoms with Crippen molar-refractivity contribution in [2.45, 2.75) is 32.8 Å². The van der Waals surface area contributed by atoms with Crippen LogP contribution in [0.3, 0.4) is 0 Å². The van der Waals surface area contributed by atoms with Gasteiger partial charge in [-0.15, -0.1) is 0 Å². The first-order chi connectivity index (χ1) is 11.2. The summed E-state index contributed by atoms with van der Waals surface area (Å²) in [5.41, 5.74) is 0.361. The van der Waals surface area contributed by atoms with Crippen molar-refractivity contribution in [2.24, 2.45) is 0 Å². The van der Waals surface area contributed by atoms with Crippen LogP contribution < -0.4 is 5.32 Å². The molecule has 0 saturated carbocycles. The maximum atomic E-state index is 13.1. The summed E-state index contributed by atoms with van der Waals surface area (Å²) in [6.07, 6.45) is 1.93. The van der Waals surface area contributed by atoms with E-state index in [1.807, 2.05) is 0 Å². The summed E-state index contributed by atoms with van der Waals surface area (Å²) in [6.45, 7) is 6.07. The molecule has 0 spiro atoms. The summed E-state index contributed by atoms with van der Waals surface area (Å²) in [6, 6.07) is 4.02. The fourth-order valence-corrected chi connectivity index (χ4v) is 2.63. The molecule has 1 aromatic rings. The molecule has 24 heavy (non-hydrogen) atoms. The van der Waals surface area contributed by atoms with E-state index in [2.05, 4.69) is 21.2 Å². The van der Waals surface area contributed by atoms with Crippen LogP contribution in [0.2, 0.25) is 0 Å². The highest BCUT2D eigenvalue weighted by molar-refractivity contribution is 9.10. The molecule has 130 valence electrons. The van der Waals surface area contributed by atoms with Gasteiger partial charge in [0.2, 0.25) is 0 Å². The van der Waals surface area contributed by atoms with E-state index in [0.717, 1.165) is 0 Å². The van der Waals surface area contributed by atoms with Gasteiger partial charge in [0.25, 0.3) is 5.91 Å². The summed E-state index contributed by atoms with van der Waals surface area (Å²) >= 11 is 3.21. The molecular formula is C17H20BrFN2O3. The number of hydrogen-bond acceptors (Lipinski definition) is 3. The lowest BCUT2D eigenvalue weighted by Crippen LogP contribution is -2.41. The number of benzene rings is 1. The second-order valence-electron chi connectivity index (χ2n) is 6.50. The predicted octanol–water partition coefficient (Wildman–Crippen LogP) is 4.09. The Hall–Kier alpha value is -1.89. The molecule has 0 bridgehead atoms. The molecule has 1 aliphatic rings. The lowest BCUT2D eigenvalue weighted by atomic mass is 10.1. The Morgan fingerprint density at radius 1 is 1.33 bits per heavy atom. The van der Waals surface area contributed by atoms with Crippen LogP contribution in [0.25, 0.3) is 0 Å². The topological polar surface area (TPSA) is 58.6 Å². The molecule has 5 nitrogen and oxygen atoms in total. The number of carbonyl (C=O) groups is 2. The SMILES string of the molecule is CC(C)(C)OC(=O)N1CCC=C(C(=O)Nc2ccc(F)cc2Br)C1. The molecule has 1 aromatic carbocycles. The molecule has 0 atom stereocenters. The molecule has 0 fully saturated rings. The fraction of sp³-hybridized carbons (Fsp3) is 0.412. The molecular weight excluding hydrogens is 379 g/mol. The Bertz CT molecular complexity index is 683. The van der Waals surface area contributed by atoms with Gasteiger partial charge in [-0.25, -0.2) is 9.18 Å². The summed E-state index contributed by atoms with van der Waals surface area (Å²) in [5.74, 6) is -0.719. The zero-order valence-electron chi connectivity index (χ0n) is 13.9. The first kappa shape index (κ1) is 18.4. The molecule has 2 rings (SSSR count). The summed E-state index contributed by atoms with van der Waals surface area (Å²) in [4.78, 5) is 26.0. The number of nitrogens with one attached hydrogen (secondary N) is 1. The Morgan fingerprint density at radius 3 is 2.67 bits per heavy atom. The van der Waals surface area contributed by atoms with Crippen molar-refractivity contribution in [3.8, 4) is 0 Å². The van der Waals surface area contributed by atoms with Gasteiger partial charge in [-0.05, 0) is 61.3 Å². The van der Waals surface area contributed by atoms with Gasteiger partial charge in [0.05, 0.1) is 12.2 Å². The molecule has 0 aliphatic carbocycles.